The summed E-state index contributed by atoms with van der Waals surface area (Å²) < 4.78 is 0. The van der Waals surface area contributed by atoms with Crippen LogP contribution >= 0.6 is 0 Å². The highest BCUT2D eigenvalue weighted by Gasteiger charge is 2.35. The molecule has 10 amide bonds. The molecule has 0 aliphatic carbocycles. The first-order valence-electron chi connectivity index (χ1n) is 29.9. The number of nitrogens with two attached hydrogens (primary N) is 7. The molecule has 2 aromatic rings. The summed E-state index contributed by atoms with van der Waals surface area (Å²) in [6, 6.07) is 3.02. The number of primary amides is 1. The van der Waals surface area contributed by atoms with Gasteiger partial charge < -0.3 is 103 Å². The van der Waals surface area contributed by atoms with Crippen molar-refractivity contribution in [2.75, 3.05) is 32.7 Å². The van der Waals surface area contributed by atoms with Crippen molar-refractivity contribution in [2.24, 2.45) is 45.1 Å². The summed E-state index contributed by atoms with van der Waals surface area (Å²) in [5, 5.41) is 51.0. The van der Waals surface area contributed by atoms with Crippen LogP contribution < -0.4 is 88.0 Å². The van der Waals surface area contributed by atoms with Crippen molar-refractivity contribution < 1.29 is 77.6 Å². The Morgan fingerprint density at radius 3 is 1.20 bits per heavy atom. The van der Waals surface area contributed by atoms with E-state index in [-0.39, 0.29) is 77.0 Å². The lowest BCUT2D eigenvalue weighted by Crippen LogP contribution is -2.60. The second kappa shape index (κ2) is 43.4. The van der Waals surface area contributed by atoms with Crippen LogP contribution in [0.15, 0.2) is 65.7 Å². The molecular formula is C58H91N17O16. The normalized spacial score (nSPS) is 13.8. The molecule has 0 unspecified atom stereocenters. The number of nitrogens with one attached hydrogen (secondary N) is 9. The van der Waals surface area contributed by atoms with Crippen LogP contribution in [0, 0.1) is 0 Å². The van der Waals surface area contributed by atoms with E-state index < -0.39 is 170 Å². The number of unbranched alkanes of at least 4 members (excludes halogenated alkanes) is 3. The molecule has 0 aliphatic heterocycles. The zero-order valence-corrected chi connectivity index (χ0v) is 50.9. The number of nitrogens with zero attached hydrogens (tertiary/aromatic N) is 1. The monoisotopic (exact) mass is 1280 g/mol. The molecule has 0 fully saturated rings. The third-order valence-electron chi connectivity index (χ3n) is 13.9. The van der Waals surface area contributed by atoms with Gasteiger partial charge in [-0.15, -0.1) is 0 Å². The summed E-state index contributed by atoms with van der Waals surface area (Å²) in [6.07, 6.45) is -1.08. The molecule has 2 aromatic carbocycles. The minimum absolute atomic E-state index is 0.0250. The average Bonchev–Trinajstić information content (AvgIpc) is 1.97. The lowest BCUT2D eigenvalue weighted by atomic mass is 10.0. The Morgan fingerprint density at radius 1 is 0.407 bits per heavy atom. The lowest BCUT2D eigenvalue weighted by Gasteiger charge is -2.27. The van der Waals surface area contributed by atoms with Gasteiger partial charge in [0.25, 0.3) is 0 Å². The van der Waals surface area contributed by atoms with Crippen LogP contribution in [0.5, 0.6) is 0 Å². The molecule has 504 valence electrons. The van der Waals surface area contributed by atoms with Crippen molar-refractivity contribution in [3.05, 3.63) is 71.8 Å². The van der Waals surface area contributed by atoms with E-state index in [9.17, 15) is 77.6 Å². The summed E-state index contributed by atoms with van der Waals surface area (Å²) in [5.74, 6) is -14.5. The van der Waals surface area contributed by atoms with Gasteiger partial charge in [0.2, 0.25) is 59.1 Å². The Balaban J connectivity index is 2.48. The number of carbonyl (C=O) groups is 13. The molecular weight excluding hydrogens is 1190 g/mol. The molecule has 33 heteroatoms. The van der Waals surface area contributed by atoms with Gasteiger partial charge in [-0.1, -0.05) is 67.1 Å². The van der Waals surface area contributed by atoms with E-state index in [0.717, 1.165) is 0 Å². The smallest absolute Gasteiger partial charge is 0.326 e. The van der Waals surface area contributed by atoms with Crippen LogP contribution in [0.2, 0.25) is 0 Å². The number of guanidine groups is 1. The SMILES string of the molecule is NCCCC[C@H](NC(=O)[C@H](CC(N)=O)NC(=O)[C@H](CCC(=O)O)NC(=O)[C@H](CCC(=O)O)NC(=O)[C@H](Cc1ccccc1)NC(=O)CNC(=O)[C@H](Cc1ccccc1)NC(=O)[C@H](CCCCN)NC(=O)[C@H](CCCN=C(N)N)NC(=O)[C@@H](N)CCCCN)C(=O)O. The van der Waals surface area contributed by atoms with Gasteiger partial charge >= 0.3 is 17.9 Å². The van der Waals surface area contributed by atoms with Crippen LogP contribution in [-0.4, -0.2) is 185 Å². The van der Waals surface area contributed by atoms with E-state index in [1.54, 1.807) is 60.7 Å². The van der Waals surface area contributed by atoms with Gasteiger partial charge in [0.05, 0.1) is 19.0 Å². The molecule has 9 atom stereocenters. The Hall–Kier alpha value is -9.34. The Bertz CT molecular complexity index is 2740. The summed E-state index contributed by atoms with van der Waals surface area (Å²) >= 11 is 0. The van der Waals surface area contributed by atoms with Crippen molar-refractivity contribution in [3.8, 4) is 0 Å². The van der Waals surface area contributed by atoms with Gasteiger partial charge in [0.15, 0.2) is 5.96 Å². The fourth-order valence-corrected chi connectivity index (χ4v) is 8.97. The quantitative estimate of drug-likeness (QED) is 0.0167. The van der Waals surface area contributed by atoms with E-state index in [4.69, 9.17) is 40.1 Å². The maximum atomic E-state index is 14.3. The molecule has 0 aromatic heterocycles. The van der Waals surface area contributed by atoms with Crippen LogP contribution in [0.3, 0.4) is 0 Å². The summed E-state index contributed by atoms with van der Waals surface area (Å²) in [6.45, 7) is 0.123. The van der Waals surface area contributed by atoms with Crippen LogP contribution in [0.25, 0.3) is 0 Å². The average molecular weight is 1280 g/mol. The maximum Gasteiger partial charge on any atom is 0.326 e. The number of carboxylic acids is 3. The molecule has 26 N–H and O–H groups in total. The Kier molecular flexibility index (Phi) is 37.0. The van der Waals surface area contributed by atoms with Gasteiger partial charge in [-0.25, -0.2) is 4.79 Å². The van der Waals surface area contributed by atoms with Gasteiger partial charge in [-0.05, 0) is 108 Å². The first-order chi connectivity index (χ1) is 43.3. The zero-order valence-electron chi connectivity index (χ0n) is 50.9. The number of carboxylic acid groups (broad SMARTS) is 3. The summed E-state index contributed by atoms with van der Waals surface area (Å²) in [7, 11) is 0. The molecule has 33 nitrogen and oxygen atoms in total. The molecule has 0 aliphatic rings. The van der Waals surface area contributed by atoms with Gasteiger partial charge in [0, 0.05) is 32.2 Å². The highest BCUT2D eigenvalue weighted by atomic mass is 16.4. The number of hydrogen-bond donors (Lipinski definition) is 19. The minimum atomic E-state index is -1.86. The van der Waals surface area contributed by atoms with Crippen molar-refractivity contribution >= 4 is 82.9 Å². The number of aliphatic carboxylic acids is 3. The topological polar surface area (TPSA) is 585 Å². The second-order valence-electron chi connectivity index (χ2n) is 21.4. The number of hydrogen-bond acceptors (Lipinski definition) is 18. The number of amides is 10. The number of aliphatic imine (C=N–C) groups is 1. The van der Waals surface area contributed by atoms with E-state index >= 15 is 0 Å². The molecule has 91 heavy (non-hydrogen) atoms. The van der Waals surface area contributed by atoms with Crippen molar-refractivity contribution in [1.82, 2.24) is 47.9 Å². The van der Waals surface area contributed by atoms with Crippen LogP contribution in [0.4, 0.5) is 0 Å². The van der Waals surface area contributed by atoms with E-state index in [2.05, 4.69) is 52.8 Å². The molecule has 0 bridgehead atoms. The fourth-order valence-electron chi connectivity index (χ4n) is 8.97. The summed E-state index contributed by atoms with van der Waals surface area (Å²) in [5.41, 5.74) is 40.3. The fraction of sp³-hybridized carbons (Fsp3) is 0.552. The number of benzene rings is 2. The van der Waals surface area contributed by atoms with E-state index in [0.29, 0.717) is 49.8 Å². The van der Waals surface area contributed by atoms with Crippen LogP contribution in [0.1, 0.15) is 114 Å². The number of carbonyl (C=O) groups excluding carboxylic acids is 10. The first kappa shape index (κ1) is 77.8. The van der Waals surface area contributed by atoms with Crippen LogP contribution in [-0.2, 0) is 75.2 Å². The highest BCUT2D eigenvalue weighted by molar-refractivity contribution is 5.99. The zero-order chi connectivity index (χ0) is 67.8. The van der Waals surface area contributed by atoms with Gasteiger partial charge in [-0.3, -0.25) is 62.5 Å². The molecule has 0 heterocycles. The second-order valence-corrected chi connectivity index (χ2v) is 21.4. The van der Waals surface area contributed by atoms with E-state index in [1.807, 2.05) is 0 Å². The first-order valence-corrected chi connectivity index (χ1v) is 29.9. The predicted molar refractivity (Wildman–Crippen MR) is 331 cm³/mol. The minimum Gasteiger partial charge on any atom is -0.481 e. The van der Waals surface area contributed by atoms with E-state index in [1.165, 1.54) is 0 Å². The van der Waals surface area contributed by atoms with Gasteiger partial charge in [-0.2, -0.15) is 0 Å². The third kappa shape index (κ3) is 32.6. The standard InChI is InChI=1S/C58H91N17O16/c59-26-10-7-18-36(62)49(82)69-38(21-13-29-66-58(64)65)51(84)70-37(19-8-11-27-60)52(85)74-42(30-34-14-3-1-4-15-34)50(83)67-33-46(77)68-43(31-35-16-5-2-6-17-35)55(88)72-39(22-24-47(78)79)53(86)71-40(23-25-48(80)81)54(87)75-44(32-45(63)76)56(89)73-41(57(90)91)20-9-12-28-61/h1-6,14-17,36-44H,7-13,18-33,59-62H2,(H2,63,76)(H,67,83)(H,68,77)(H,69,82)(H,70,84)(H,71,86)(H,72,88)(H,73,89)(H,74,85)(H,75,87)(H,78,79)(H,80,81)(H,90,91)(H4,64,65,66)/t36-,37-,38-,39-,40-,41-,42-,43-,44-/m0/s1. The molecule has 2 rings (SSSR count). The molecule has 0 radical (unpaired) electrons. The number of rotatable bonds is 47. The molecule has 0 saturated heterocycles. The summed E-state index contributed by atoms with van der Waals surface area (Å²) in [4.78, 5) is 177. The maximum absolute atomic E-state index is 14.3. The van der Waals surface area contributed by atoms with Crippen molar-refractivity contribution in [1.29, 1.82) is 0 Å². The third-order valence-corrected chi connectivity index (χ3v) is 13.9. The van der Waals surface area contributed by atoms with Gasteiger partial charge in [0.1, 0.15) is 48.3 Å². The largest absolute Gasteiger partial charge is 0.481 e. The van der Waals surface area contributed by atoms with Crippen molar-refractivity contribution in [3.63, 3.8) is 0 Å². The lowest BCUT2D eigenvalue weighted by molar-refractivity contribution is -0.143. The predicted octanol–water partition coefficient (Wildman–Crippen LogP) is -5.08. The Labute approximate surface area is 526 Å². The Morgan fingerprint density at radius 2 is 0.769 bits per heavy atom. The van der Waals surface area contributed by atoms with Crippen molar-refractivity contribution in [2.45, 2.75) is 170 Å². The molecule has 0 saturated carbocycles. The highest BCUT2D eigenvalue weighted by Crippen LogP contribution is 2.12. The molecule has 0 spiro atoms.